The number of hydrogen-bond acceptors (Lipinski definition) is 5. The molecule has 2 aromatic carbocycles. The lowest BCUT2D eigenvalue weighted by Crippen LogP contribution is -2.48. The summed E-state index contributed by atoms with van der Waals surface area (Å²) >= 11 is 5.95. The van der Waals surface area contributed by atoms with Crippen LogP contribution in [0, 0.1) is 0 Å². The van der Waals surface area contributed by atoms with Crippen LogP contribution in [0.1, 0.15) is 18.1 Å². The summed E-state index contributed by atoms with van der Waals surface area (Å²) in [7, 11) is 3.08. The second kappa shape index (κ2) is 11.4. The third kappa shape index (κ3) is 6.37. The van der Waals surface area contributed by atoms with E-state index in [9.17, 15) is 9.59 Å². The second-order valence-electron chi connectivity index (χ2n) is 6.70. The highest BCUT2D eigenvalue weighted by Gasteiger charge is 2.26. The molecule has 0 aliphatic carbocycles. The molecule has 2 aromatic rings. The number of carbonyl (C=O) groups excluding carboxylic acids is 2. The van der Waals surface area contributed by atoms with Crippen LogP contribution in [0.4, 0.5) is 0 Å². The largest absolute Gasteiger partial charge is 0.493 e. The maximum atomic E-state index is 13.2. The number of benzene rings is 2. The summed E-state index contributed by atoms with van der Waals surface area (Å²) in [6, 6.07) is 11.7. The third-order valence-corrected chi connectivity index (χ3v) is 4.90. The number of aliphatic hydroxyl groups is 1. The van der Waals surface area contributed by atoms with Crippen molar-refractivity contribution < 1.29 is 24.2 Å². The molecule has 0 spiro atoms. The third-order valence-electron chi connectivity index (χ3n) is 4.65. The Labute approximate surface area is 181 Å². The maximum Gasteiger partial charge on any atom is 0.242 e. The van der Waals surface area contributed by atoms with E-state index < -0.39 is 6.04 Å². The number of halogens is 1. The molecule has 0 unspecified atom stereocenters. The van der Waals surface area contributed by atoms with Gasteiger partial charge in [-0.3, -0.25) is 9.59 Å². The van der Waals surface area contributed by atoms with E-state index >= 15 is 0 Å². The molecule has 0 saturated heterocycles. The Morgan fingerprint density at radius 3 is 2.30 bits per heavy atom. The van der Waals surface area contributed by atoms with E-state index in [1.807, 2.05) is 12.1 Å². The number of methoxy groups -OCH3 is 2. The monoisotopic (exact) mass is 434 g/mol. The topological polar surface area (TPSA) is 88.1 Å². The van der Waals surface area contributed by atoms with Gasteiger partial charge in [0.25, 0.3) is 0 Å². The van der Waals surface area contributed by atoms with Crippen molar-refractivity contribution in [2.24, 2.45) is 0 Å². The van der Waals surface area contributed by atoms with Gasteiger partial charge in [-0.25, -0.2) is 0 Å². The molecule has 7 nitrogen and oxygen atoms in total. The van der Waals surface area contributed by atoms with Crippen LogP contribution < -0.4 is 14.8 Å². The van der Waals surface area contributed by atoms with Crippen LogP contribution in [0.15, 0.2) is 42.5 Å². The maximum absolute atomic E-state index is 13.2. The number of ether oxygens (including phenoxy) is 2. The number of aliphatic hydroxyl groups excluding tert-OH is 1. The van der Waals surface area contributed by atoms with E-state index in [2.05, 4.69) is 5.32 Å². The van der Waals surface area contributed by atoms with Crippen LogP contribution in [-0.4, -0.2) is 55.2 Å². The van der Waals surface area contributed by atoms with Gasteiger partial charge in [-0.05, 0) is 42.3 Å². The molecule has 2 rings (SSSR count). The molecule has 2 amide bonds. The molecule has 0 heterocycles. The molecule has 0 radical (unpaired) electrons. The van der Waals surface area contributed by atoms with Crippen LogP contribution in [0.25, 0.3) is 0 Å². The summed E-state index contributed by atoms with van der Waals surface area (Å²) in [5, 5.41) is 12.2. The highest BCUT2D eigenvalue weighted by Crippen LogP contribution is 2.28. The molecular weight excluding hydrogens is 408 g/mol. The van der Waals surface area contributed by atoms with E-state index in [-0.39, 0.29) is 37.9 Å². The lowest BCUT2D eigenvalue weighted by molar-refractivity contribution is -0.140. The zero-order chi connectivity index (χ0) is 22.1. The van der Waals surface area contributed by atoms with E-state index in [1.165, 1.54) is 12.0 Å². The summed E-state index contributed by atoms with van der Waals surface area (Å²) in [6.07, 6.45) is 0.0889. The predicted molar refractivity (Wildman–Crippen MR) is 115 cm³/mol. The standard InChI is InChI=1S/C22H27ClN2O5/c1-15(22(28)24-10-11-26)25(14-16-4-7-18(23)8-5-16)21(27)13-17-6-9-19(29-2)20(12-17)30-3/h4-9,12,15,26H,10-11,13-14H2,1-3H3,(H,24,28)/t15-/m0/s1. The number of hydrogen-bond donors (Lipinski definition) is 2. The Morgan fingerprint density at radius 2 is 1.70 bits per heavy atom. The van der Waals surface area contributed by atoms with Gasteiger partial charge in [0.2, 0.25) is 11.8 Å². The van der Waals surface area contributed by atoms with Crippen LogP contribution in [0.2, 0.25) is 5.02 Å². The quantitative estimate of drug-likeness (QED) is 0.599. The SMILES string of the molecule is COc1ccc(CC(=O)N(Cc2ccc(Cl)cc2)[C@@H](C)C(=O)NCCO)cc1OC. The van der Waals surface area contributed by atoms with E-state index in [0.717, 1.165) is 11.1 Å². The molecule has 8 heteroatoms. The minimum atomic E-state index is -0.722. The zero-order valence-electron chi connectivity index (χ0n) is 17.4. The molecular formula is C22H27ClN2O5. The van der Waals surface area contributed by atoms with Gasteiger partial charge in [-0.2, -0.15) is 0 Å². The fraction of sp³-hybridized carbons (Fsp3) is 0.364. The molecule has 0 bridgehead atoms. The summed E-state index contributed by atoms with van der Waals surface area (Å²) in [5.41, 5.74) is 1.59. The smallest absolute Gasteiger partial charge is 0.242 e. The summed E-state index contributed by atoms with van der Waals surface area (Å²) < 4.78 is 10.5. The minimum absolute atomic E-state index is 0.0889. The first-order valence-corrected chi connectivity index (χ1v) is 9.90. The highest BCUT2D eigenvalue weighted by atomic mass is 35.5. The predicted octanol–water partition coefficient (Wildman–Crippen LogP) is 2.43. The van der Waals surface area contributed by atoms with Crippen LogP contribution in [0.3, 0.4) is 0 Å². The number of rotatable bonds is 10. The Kier molecular flexibility index (Phi) is 8.95. The van der Waals surface area contributed by atoms with Gasteiger partial charge < -0.3 is 24.8 Å². The van der Waals surface area contributed by atoms with Crippen LogP contribution in [0.5, 0.6) is 11.5 Å². The van der Waals surface area contributed by atoms with E-state index in [1.54, 1.807) is 44.4 Å². The van der Waals surface area contributed by atoms with Gasteiger partial charge in [0.1, 0.15) is 6.04 Å². The second-order valence-corrected chi connectivity index (χ2v) is 7.14. The van der Waals surface area contributed by atoms with Crippen molar-refractivity contribution in [3.63, 3.8) is 0 Å². The van der Waals surface area contributed by atoms with Crippen LogP contribution >= 0.6 is 11.6 Å². The molecule has 162 valence electrons. The summed E-state index contributed by atoms with van der Waals surface area (Å²) in [4.78, 5) is 27.1. The Hall–Kier alpha value is -2.77. The summed E-state index contributed by atoms with van der Waals surface area (Å²) in [5.74, 6) is 0.548. The average molecular weight is 435 g/mol. The molecule has 2 N–H and O–H groups in total. The Balaban J connectivity index is 2.24. The first kappa shape index (κ1) is 23.5. The first-order valence-electron chi connectivity index (χ1n) is 9.53. The molecule has 0 aliphatic heterocycles. The number of nitrogens with zero attached hydrogens (tertiary/aromatic N) is 1. The van der Waals surface area contributed by atoms with Gasteiger partial charge in [0.05, 0.1) is 27.2 Å². The van der Waals surface area contributed by atoms with Gasteiger partial charge in [0, 0.05) is 18.1 Å². The van der Waals surface area contributed by atoms with E-state index in [4.69, 9.17) is 26.2 Å². The average Bonchev–Trinajstić information content (AvgIpc) is 2.76. The van der Waals surface area contributed by atoms with Crippen molar-refractivity contribution in [3.8, 4) is 11.5 Å². The van der Waals surface area contributed by atoms with Gasteiger partial charge in [-0.1, -0.05) is 29.8 Å². The van der Waals surface area contributed by atoms with E-state index in [0.29, 0.717) is 16.5 Å². The fourth-order valence-corrected chi connectivity index (χ4v) is 3.09. The molecule has 0 fully saturated rings. The van der Waals surface area contributed by atoms with Crippen molar-refractivity contribution in [1.82, 2.24) is 10.2 Å². The Morgan fingerprint density at radius 1 is 1.07 bits per heavy atom. The van der Waals surface area contributed by atoms with Crippen molar-refractivity contribution in [2.75, 3.05) is 27.4 Å². The van der Waals surface area contributed by atoms with Crippen molar-refractivity contribution in [1.29, 1.82) is 0 Å². The molecule has 0 saturated carbocycles. The first-order chi connectivity index (χ1) is 14.4. The van der Waals surface area contributed by atoms with Crippen molar-refractivity contribution >= 4 is 23.4 Å². The molecule has 1 atom stereocenters. The van der Waals surface area contributed by atoms with Crippen molar-refractivity contribution in [3.05, 3.63) is 58.6 Å². The number of carbonyl (C=O) groups is 2. The fourth-order valence-electron chi connectivity index (χ4n) is 2.96. The summed E-state index contributed by atoms with van der Waals surface area (Å²) in [6.45, 7) is 1.86. The Bertz CT molecular complexity index is 857. The molecule has 0 aromatic heterocycles. The lowest BCUT2D eigenvalue weighted by atomic mass is 10.1. The lowest BCUT2D eigenvalue weighted by Gasteiger charge is -2.29. The van der Waals surface area contributed by atoms with Gasteiger partial charge in [-0.15, -0.1) is 0 Å². The minimum Gasteiger partial charge on any atom is -0.493 e. The molecule has 30 heavy (non-hydrogen) atoms. The van der Waals surface area contributed by atoms with Gasteiger partial charge in [0.15, 0.2) is 11.5 Å². The normalized spacial score (nSPS) is 11.5. The van der Waals surface area contributed by atoms with Crippen LogP contribution in [-0.2, 0) is 22.6 Å². The zero-order valence-corrected chi connectivity index (χ0v) is 18.1. The molecule has 0 aliphatic rings. The van der Waals surface area contributed by atoms with Crippen molar-refractivity contribution in [2.45, 2.75) is 25.9 Å². The number of amides is 2. The van der Waals surface area contributed by atoms with Gasteiger partial charge >= 0.3 is 0 Å². The number of nitrogens with one attached hydrogen (secondary N) is 1. The highest BCUT2D eigenvalue weighted by molar-refractivity contribution is 6.30.